The Morgan fingerprint density at radius 2 is 1.29 bits per heavy atom. The molecule has 0 saturated heterocycles. The van der Waals surface area contributed by atoms with Gasteiger partial charge in [-0.1, -0.05) is 33.1 Å². The van der Waals surface area contributed by atoms with Gasteiger partial charge in [0.05, 0.1) is 13.2 Å². The van der Waals surface area contributed by atoms with Crippen LogP contribution >= 0.6 is 0 Å². The van der Waals surface area contributed by atoms with E-state index >= 15 is 0 Å². The molecular formula is C17H28O7. The summed E-state index contributed by atoms with van der Waals surface area (Å²) in [6, 6.07) is 0. The minimum atomic E-state index is -0.981. The van der Waals surface area contributed by atoms with Gasteiger partial charge in [0.2, 0.25) is 0 Å². The Labute approximate surface area is 143 Å². The number of aliphatic hydroxyl groups is 1. The lowest BCUT2D eigenvalue weighted by Crippen LogP contribution is -2.02. The van der Waals surface area contributed by atoms with Gasteiger partial charge in [-0.15, -0.1) is 0 Å². The number of carbonyl (C=O) groups excluding carboxylic acids is 2. The van der Waals surface area contributed by atoms with Crippen LogP contribution in [0, 0.1) is 0 Å². The summed E-state index contributed by atoms with van der Waals surface area (Å²) >= 11 is 0. The Hall–Kier alpha value is -2.41. The highest BCUT2D eigenvalue weighted by atomic mass is 16.5. The molecule has 7 nitrogen and oxygen atoms in total. The van der Waals surface area contributed by atoms with Crippen molar-refractivity contribution < 1.29 is 34.1 Å². The van der Waals surface area contributed by atoms with Crippen LogP contribution < -0.4 is 0 Å². The van der Waals surface area contributed by atoms with Crippen molar-refractivity contribution >= 4 is 17.9 Å². The number of hydrogen-bond donors (Lipinski definition) is 2. The van der Waals surface area contributed by atoms with Crippen LogP contribution in [0.15, 0.2) is 38.0 Å². The lowest BCUT2D eigenvalue weighted by atomic mass is 10.3. The molecule has 24 heavy (non-hydrogen) atoms. The summed E-state index contributed by atoms with van der Waals surface area (Å²) in [6.45, 7) is 12.5. The van der Waals surface area contributed by atoms with Gasteiger partial charge in [-0.3, -0.25) is 0 Å². The van der Waals surface area contributed by atoms with E-state index in [2.05, 4.69) is 29.2 Å². The van der Waals surface area contributed by atoms with E-state index < -0.39 is 11.9 Å². The molecule has 138 valence electrons. The SMILES string of the molecule is C=CC(=O)O.C=CC(=O)OCCCC.C=CC(=O)OCCCCO. The normalized spacial score (nSPS) is 8.25. The first kappa shape index (κ1) is 26.5. The predicted octanol–water partition coefficient (Wildman–Crippen LogP) is 2.26. The maximum atomic E-state index is 10.4. The summed E-state index contributed by atoms with van der Waals surface area (Å²) in [4.78, 5) is 30.0. The Morgan fingerprint density at radius 1 is 0.875 bits per heavy atom. The predicted molar refractivity (Wildman–Crippen MR) is 91.4 cm³/mol. The van der Waals surface area contributed by atoms with Crippen LogP contribution in [-0.2, 0) is 23.9 Å². The molecule has 0 aromatic rings. The van der Waals surface area contributed by atoms with Crippen LogP contribution in [0.25, 0.3) is 0 Å². The summed E-state index contributed by atoms with van der Waals surface area (Å²) in [6.07, 6.45) is 6.49. The monoisotopic (exact) mass is 344 g/mol. The number of aliphatic carboxylic acids is 1. The van der Waals surface area contributed by atoms with E-state index in [0.717, 1.165) is 25.0 Å². The molecule has 0 spiro atoms. The average molecular weight is 344 g/mol. The minimum Gasteiger partial charge on any atom is -0.478 e. The smallest absolute Gasteiger partial charge is 0.330 e. The van der Waals surface area contributed by atoms with E-state index in [0.29, 0.717) is 26.1 Å². The highest BCUT2D eigenvalue weighted by molar-refractivity contribution is 5.81. The first-order valence-corrected chi connectivity index (χ1v) is 7.44. The zero-order chi connectivity index (χ0) is 19.2. The minimum absolute atomic E-state index is 0.144. The van der Waals surface area contributed by atoms with E-state index in [-0.39, 0.29) is 12.6 Å². The van der Waals surface area contributed by atoms with Gasteiger partial charge in [-0.2, -0.15) is 0 Å². The second kappa shape index (κ2) is 22.9. The van der Waals surface area contributed by atoms with E-state index in [1.165, 1.54) is 6.08 Å². The molecule has 0 aliphatic heterocycles. The zero-order valence-corrected chi connectivity index (χ0v) is 14.2. The van der Waals surface area contributed by atoms with Crippen molar-refractivity contribution in [3.8, 4) is 0 Å². The first-order valence-electron chi connectivity index (χ1n) is 7.44. The molecule has 0 radical (unpaired) electrons. The molecule has 0 saturated carbocycles. The average Bonchev–Trinajstić information content (AvgIpc) is 2.59. The number of carbonyl (C=O) groups is 3. The summed E-state index contributed by atoms with van der Waals surface area (Å²) in [5.41, 5.74) is 0. The van der Waals surface area contributed by atoms with Crippen LogP contribution in [0.2, 0.25) is 0 Å². The Kier molecular flexibility index (Phi) is 25.2. The Bertz CT molecular complexity index is 375. The summed E-state index contributed by atoms with van der Waals surface area (Å²) in [5.74, 6) is -1.72. The third-order valence-corrected chi connectivity index (χ3v) is 2.05. The van der Waals surface area contributed by atoms with Crippen LogP contribution in [0.3, 0.4) is 0 Å². The maximum absolute atomic E-state index is 10.4. The van der Waals surface area contributed by atoms with Crippen molar-refractivity contribution in [3.05, 3.63) is 38.0 Å². The number of aliphatic hydroxyl groups excluding tert-OH is 1. The fraction of sp³-hybridized carbons (Fsp3) is 0.471. The summed E-state index contributed by atoms with van der Waals surface area (Å²) in [7, 11) is 0. The van der Waals surface area contributed by atoms with Gasteiger partial charge in [-0.05, 0) is 19.3 Å². The number of unbranched alkanes of at least 4 members (excludes halogenated alkanes) is 2. The molecule has 0 bridgehead atoms. The van der Waals surface area contributed by atoms with E-state index in [4.69, 9.17) is 10.2 Å². The van der Waals surface area contributed by atoms with Crippen LogP contribution in [-0.4, -0.2) is 47.9 Å². The first-order chi connectivity index (χ1) is 11.4. The highest BCUT2D eigenvalue weighted by Gasteiger charge is 1.93. The van der Waals surface area contributed by atoms with Gasteiger partial charge in [0.15, 0.2) is 0 Å². The molecule has 0 aromatic heterocycles. The zero-order valence-electron chi connectivity index (χ0n) is 14.2. The van der Waals surface area contributed by atoms with Crippen LogP contribution in [0.1, 0.15) is 32.6 Å². The molecule has 0 aliphatic carbocycles. The van der Waals surface area contributed by atoms with Gasteiger partial charge >= 0.3 is 17.9 Å². The molecule has 0 aliphatic rings. The number of rotatable bonds is 10. The summed E-state index contributed by atoms with van der Waals surface area (Å²) < 4.78 is 9.30. The topological polar surface area (TPSA) is 110 Å². The molecular weight excluding hydrogens is 316 g/mol. The van der Waals surface area contributed by atoms with Crippen molar-refractivity contribution in [2.75, 3.05) is 19.8 Å². The van der Waals surface area contributed by atoms with Gasteiger partial charge in [-0.25, -0.2) is 14.4 Å². The van der Waals surface area contributed by atoms with Gasteiger partial charge in [0, 0.05) is 24.8 Å². The number of hydrogen-bond acceptors (Lipinski definition) is 6. The number of carboxylic acids is 1. The van der Waals surface area contributed by atoms with Gasteiger partial charge < -0.3 is 19.7 Å². The number of ether oxygens (including phenoxy) is 2. The van der Waals surface area contributed by atoms with Crippen molar-refractivity contribution in [3.63, 3.8) is 0 Å². The second-order valence-corrected chi connectivity index (χ2v) is 4.07. The van der Waals surface area contributed by atoms with Crippen LogP contribution in [0.5, 0.6) is 0 Å². The molecule has 0 rings (SSSR count). The van der Waals surface area contributed by atoms with E-state index in [1.54, 1.807) is 0 Å². The molecule has 0 unspecified atom stereocenters. The maximum Gasteiger partial charge on any atom is 0.330 e. The fourth-order valence-corrected chi connectivity index (χ4v) is 0.822. The Morgan fingerprint density at radius 3 is 1.58 bits per heavy atom. The quantitative estimate of drug-likeness (QED) is 0.355. The van der Waals surface area contributed by atoms with Gasteiger partial charge in [0.25, 0.3) is 0 Å². The highest BCUT2D eigenvalue weighted by Crippen LogP contribution is 1.89. The molecule has 0 aromatic carbocycles. The molecule has 7 heteroatoms. The molecule has 2 N–H and O–H groups in total. The van der Waals surface area contributed by atoms with Crippen molar-refractivity contribution in [2.45, 2.75) is 32.6 Å². The number of carboxylic acid groups (broad SMARTS) is 1. The summed E-state index contributed by atoms with van der Waals surface area (Å²) in [5, 5.41) is 15.9. The van der Waals surface area contributed by atoms with Crippen molar-refractivity contribution in [2.24, 2.45) is 0 Å². The fourth-order valence-electron chi connectivity index (χ4n) is 0.822. The lowest BCUT2D eigenvalue weighted by molar-refractivity contribution is -0.138. The number of esters is 2. The van der Waals surface area contributed by atoms with Crippen molar-refractivity contribution in [1.29, 1.82) is 0 Å². The lowest BCUT2D eigenvalue weighted by Gasteiger charge is -1.98. The Balaban J connectivity index is -0.000000291. The molecule has 0 atom stereocenters. The third kappa shape index (κ3) is 31.8. The molecule has 0 amide bonds. The van der Waals surface area contributed by atoms with Crippen LogP contribution in [0.4, 0.5) is 0 Å². The van der Waals surface area contributed by atoms with E-state index in [9.17, 15) is 14.4 Å². The molecule has 0 heterocycles. The second-order valence-electron chi connectivity index (χ2n) is 4.07. The van der Waals surface area contributed by atoms with E-state index in [1.807, 2.05) is 6.92 Å². The third-order valence-electron chi connectivity index (χ3n) is 2.05. The van der Waals surface area contributed by atoms with Crippen molar-refractivity contribution in [1.82, 2.24) is 0 Å². The van der Waals surface area contributed by atoms with Gasteiger partial charge in [0.1, 0.15) is 0 Å². The molecule has 0 fully saturated rings. The largest absolute Gasteiger partial charge is 0.478 e. The standard InChI is InChI=1S/C7H12O3.C7H12O2.C3H4O2/c1-2-7(9)10-6-4-3-5-8;1-3-5-6-9-7(8)4-2;1-2-3(4)5/h2,8H,1,3-6H2;4H,2-3,5-6H2,1H3;2H,1H2,(H,4,5).